The van der Waals surface area contributed by atoms with Gasteiger partial charge in [-0.2, -0.15) is 0 Å². The van der Waals surface area contributed by atoms with E-state index < -0.39 is 0 Å². The van der Waals surface area contributed by atoms with Crippen LogP contribution >= 0.6 is 11.6 Å². The Kier molecular flexibility index (Phi) is 4.88. The monoisotopic (exact) mass is 286 g/mol. The van der Waals surface area contributed by atoms with E-state index in [0.29, 0.717) is 5.92 Å². The van der Waals surface area contributed by atoms with Gasteiger partial charge in [0.05, 0.1) is 5.38 Å². The van der Waals surface area contributed by atoms with E-state index >= 15 is 0 Å². The SMILES string of the molecule is Cc1ccc(CC(Cl)c2ccc(C(C)C)cc2)cc1C. The number of aryl methyl sites for hydroxylation is 2. The van der Waals surface area contributed by atoms with E-state index in [9.17, 15) is 0 Å². The summed E-state index contributed by atoms with van der Waals surface area (Å²) in [5, 5.41) is 0.0401. The minimum absolute atomic E-state index is 0.0401. The second kappa shape index (κ2) is 6.45. The molecule has 0 saturated carbocycles. The first-order chi connectivity index (χ1) is 9.47. The molecule has 2 aromatic rings. The maximum Gasteiger partial charge on any atom is 0.0625 e. The number of rotatable bonds is 4. The summed E-state index contributed by atoms with van der Waals surface area (Å²) in [6.45, 7) is 8.71. The van der Waals surface area contributed by atoms with Gasteiger partial charge in [-0.1, -0.05) is 56.3 Å². The Balaban J connectivity index is 2.10. The van der Waals surface area contributed by atoms with Gasteiger partial charge in [0, 0.05) is 0 Å². The summed E-state index contributed by atoms with van der Waals surface area (Å²) in [7, 11) is 0. The van der Waals surface area contributed by atoms with Gasteiger partial charge in [-0.15, -0.1) is 11.6 Å². The molecule has 0 aliphatic carbocycles. The van der Waals surface area contributed by atoms with Crippen LogP contribution in [0, 0.1) is 13.8 Å². The van der Waals surface area contributed by atoms with Gasteiger partial charge in [0.1, 0.15) is 0 Å². The van der Waals surface area contributed by atoms with Crippen molar-refractivity contribution in [3.8, 4) is 0 Å². The molecule has 2 aromatic carbocycles. The molecule has 0 amide bonds. The fourth-order valence-electron chi connectivity index (χ4n) is 2.35. The van der Waals surface area contributed by atoms with Crippen molar-refractivity contribution in [1.29, 1.82) is 0 Å². The second-order valence-electron chi connectivity index (χ2n) is 5.91. The standard InChI is InChI=1S/C19H23Cl/c1-13(2)17-7-9-18(10-8-17)19(20)12-16-6-5-14(3)15(4)11-16/h5-11,13,19H,12H2,1-4H3. The van der Waals surface area contributed by atoms with Gasteiger partial charge < -0.3 is 0 Å². The molecule has 2 rings (SSSR count). The maximum atomic E-state index is 6.56. The van der Waals surface area contributed by atoms with Crippen LogP contribution in [0.4, 0.5) is 0 Å². The molecule has 20 heavy (non-hydrogen) atoms. The molecular formula is C19H23Cl. The molecule has 0 bridgehead atoms. The summed E-state index contributed by atoms with van der Waals surface area (Å²) in [5.74, 6) is 0.567. The zero-order valence-electron chi connectivity index (χ0n) is 12.8. The van der Waals surface area contributed by atoms with Gasteiger partial charge in [-0.3, -0.25) is 0 Å². The first-order valence-corrected chi connectivity index (χ1v) is 7.71. The van der Waals surface area contributed by atoms with Crippen LogP contribution in [0.1, 0.15) is 53.0 Å². The fourth-order valence-corrected chi connectivity index (χ4v) is 2.67. The zero-order chi connectivity index (χ0) is 14.7. The first kappa shape index (κ1) is 15.1. The average Bonchev–Trinajstić information content (AvgIpc) is 2.43. The van der Waals surface area contributed by atoms with Crippen molar-refractivity contribution in [1.82, 2.24) is 0 Å². The molecule has 0 fully saturated rings. The lowest BCUT2D eigenvalue weighted by Gasteiger charge is -2.13. The number of alkyl halides is 1. The molecule has 1 heteroatoms. The molecule has 0 aromatic heterocycles. The Morgan fingerprint density at radius 2 is 1.45 bits per heavy atom. The number of hydrogen-bond donors (Lipinski definition) is 0. The molecule has 0 N–H and O–H groups in total. The third-order valence-corrected chi connectivity index (χ3v) is 4.36. The van der Waals surface area contributed by atoms with E-state index in [1.165, 1.54) is 27.8 Å². The molecule has 0 heterocycles. The number of benzene rings is 2. The van der Waals surface area contributed by atoms with E-state index in [0.717, 1.165) is 6.42 Å². The minimum Gasteiger partial charge on any atom is -0.117 e. The van der Waals surface area contributed by atoms with Crippen molar-refractivity contribution in [3.63, 3.8) is 0 Å². The molecule has 0 aliphatic heterocycles. The molecule has 1 atom stereocenters. The molecular weight excluding hydrogens is 264 g/mol. The van der Waals surface area contributed by atoms with Crippen LogP contribution in [0.3, 0.4) is 0 Å². The van der Waals surface area contributed by atoms with Crippen LogP contribution in [0.2, 0.25) is 0 Å². The lowest BCUT2D eigenvalue weighted by molar-refractivity contribution is 0.860. The highest BCUT2D eigenvalue weighted by atomic mass is 35.5. The van der Waals surface area contributed by atoms with E-state index in [1.807, 2.05) is 0 Å². The van der Waals surface area contributed by atoms with Crippen LogP contribution in [0.5, 0.6) is 0 Å². The van der Waals surface area contributed by atoms with Crippen molar-refractivity contribution in [2.75, 3.05) is 0 Å². The minimum atomic E-state index is 0.0401. The van der Waals surface area contributed by atoms with Gasteiger partial charge in [-0.05, 0) is 54.0 Å². The van der Waals surface area contributed by atoms with E-state index in [2.05, 4.69) is 70.2 Å². The molecule has 0 radical (unpaired) electrons. The predicted molar refractivity (Wildman–Crippen MR) is 88.7 cm³/mol. The van der Waals surface area contributed by atoms with Crippen LogP contribution in [0.25, 0.3) is 0 Å². The van der Waals surface area contributed by atoms with Crippen LogP contribution in [0.15, 0.2) is 42.5 Å². The topological polar surface area (TPSA) is 0 Å². The first-order valence-electron chi connectivity index (χ1n) is 7.27. The summed E-state index contributed by atoms with van der Waals surface area (Å²) < 4.78 is 0. The van der Waals surface area contributed by atoms with Gasteiger partial charge in [0.15, 0.2) is 0 Å². The van der Waals surface area contributed by atoms with Gasteiger partial charge in [0.2, 0.25) is 0 Å². The van der Waals surface area contributed by atoms with E-state index in [-0.39, 0.29) is 5.38 Å². The smallest absolute Gasteiger partial charge is 0.0625 e. The van der Waals surface area contributed by atoms with E-state index in [1.54, 1.807) is 0 Å². The summed E-state index contributed by atoms with van der Waals surface area (Å²) in [6.07, 6.45) is 0.879. The molecule has 1 unspecified atom stereocenters. The van der Waals surface area contributed by atoms with Crippen molar-refractivity contribution in [3.05, 3.63) is 70.3 Å². The van der Waals surface area contributed by atoms with Gasteiger partial charge in [-0.25, -0.2) is 0 Å². The summed E-state index contributed by atoms with van der Waals surface area (Å²) >= 11 is 6.56. The van der Waals surface area contributed by atoms with E-state index in [4.69, 9.17) is 11.6 Å². The lowest BCUT2D eigenvalue weighted by atomic mass is 9.97. The number of hydrogen-bond acceptors (Lipinski definition) is 0. The van der Waals surface area contributed by atoms with Crippen molar-refractivity contribution >= 4 is 11.6 Å². The quantitative estimate of drug-likeness (QED) is 0.609. The Bertz CT molecular complexity index is 567. The molecule has 0 aliphatic rings. The third kappa shape index (κ3) is 3.64. The van der Waals surface area contributed by atoms with Crippen LogP contribution in [-0.4, -0.2) is 0 Å². The van der Waals surface area contributed by atoms with Crippen molar-refractivity contribution < 1.29 is 0 Å². The molecule has 106 valence electrons. The van der Waals surface area contributed by atoms with Crippen molar-refractivity contribution in [2.24, 2.45) is 0 Å². The Labute approximate surface area is 127 Å². The third-order valence-electron chi connectivity index (χ3n) is 3.95. The zero-order valence-corrected chi connectivity index (χ0v) is 13.5. The summed E-state index contributed by atoms with van der Waals surface area (Å²) in [4.78, 5) is 0. The Morgan fingerprint density at radius 1 is 0.850 bits per heavy atom. The fraction of sp³-hybridized carbons (Fsp3) is 0.368. The van der Waals surface area contributed by atoms with Crippen molar-refractivity contribution in [2.45, 2.75) is 45.4 Å². The normalized spacial score (nSPS) is 12.7. The highest BCUT2D eigenvalue weighted by Crippen LogP contribution is 2.27. The highest BCUT2D eigenvalue weighted by Gasteiger charge is 2.10. The summed E-state index contributed by atoms with van der Waals surface area (Å²) in [6, 6.07) is 15.3. The Hall–Kier alpha value is -1.27. The highest BCUT2D eigenvalue weighted by molar-refractivity contribution is 6.20. The predicted octanol–water partition coefficient (Wildman–Crippen LogP) is 5.95. The average molecular weight is 287 g/mol. The largest absolute Gasteiger partial charge is 0.117 e. The maximum absolute atomic E-state index is 6.56. The van der Waals surface area contributed by atoms with Gasteiger partial charge >= 0.3 is 0 Å². The van der Waals surface area contributed by atoms with Crippen LogP contribution in [-0.2, 0) is 6.42 Å². The van der Waals surface area contributed by atoms with Crippen LogP contribution < -0.4 is 0 Å². The summed E-state index contributed by atoms with van der Waals surface area (Å²) in [5.41, 5.74) is 6.54. The molecule has 0 nitrogen and oxygen atoms in total. The lowest BCUT2D eigenvalue weighted by Crippen LogP contribution is -1.98. The van der Waals surface area contributed by atoms with Gasteiger partial charge in [0.25, 0.3) is 0 Å². The molecule has 0 saturated heterocycles. The molecule has 0 spiro atoms. The Morgan fingerprint density at radius 3 is 2.00 bits per heavy atom. The number of halogens is 1. The second-order valence-corrected chi connectivity index (χ2v) is 6.44.